The summed E-state index contributed by atoms with van der Waals surface area (Å²) >= 11 is 0. The summed E-state index contributed by atoms with van der Waals surface area (Å²) in [7, 11) is -0.473. The Morgan fingerprint density at radius 2 is 1.96 bits per heavy atom. The van der Waals surface area contributed by atoms with Gasteiger partial charge in [0.25, 0.3) is 0 Å². The van der Waals surface area contributed by atoms with Gasteiger partial charge in [-0.2, -0.15) is 5.10 Å². The van der Waals surface area contributed by atoms with Crippen molar-refractivity contribution >= 4 is 18.7 Å². The van der Waals surface area contributed by atoms with Crippen molar-refractivity contribution in [1.29, 1.82) is 0 Å². The fourth-order valence-corrected chi connectivity index (χ4v) is 3.20. The van der Waals surface area contributed by atoms with Gasteiger partial charge in [0.15, 0.2) is 6.23 Å². The van der Waals surface area contributed by atoms with Crippen molar-refractivity contribution in [2.45, 2.75) is 71.3 Å². The third-order valence-corrected chi connectivity index (χ3v) is 5.47. The molecule has 5 nitrogen and oxygen atoms in total. The van der Waals surface area contributed by atoms with E-state index in [4.69, 9.17) is 14.0 Å². The Morgan fingerprint density at radius 3 is 2.52 bits per heavy atom. The van der Waals surface area contributed by atoms with E-state index < -0.39 is 7.12 Å². The van der Waals surface area contributed by atoms with Crippen LogP contribution in [0.1, 0.15) is 71.4 Å². The van der Waals surface area contributed by atoms with Gasteiger partial charge in [-0.3, -0.25) is 0 Å². The van der Waals surface area contributed by atoms with E-state index in [0.717, 1.165) is 42.6 Å². The highest BCUT2D eigenvalue weighted by Crippen LogP contribution is 2.41. The lowest BCUT2D eigenvalue weighted by Gasteiger charge is -2.32. The molecule has 0 spiro atoms. The van der Waals surface area contributed by atoms with Crippen molar-refractivity contribution in [3.63, 3.8) is 0 Å². The van der Waals surface area contributed by atoms with E-state index in [2.05, 4.69) is 17.8 Å². The van der Waals surface area contributed by atoms with Crippen molar-refractivity contribution in [2.24, 2.45) is 0 Å². The average Bonchev–Trinajstić information content (AvgIpc) is 3.06. The highest BCUT2D eigenvalue weighted by atomic mass is 16.7. The van der Waals surface area contributed by atoms with Crippen LogP contribution in [0.5, 0.6) is 0 Å². The largest absolute Gasteiger partial charge is 0.494 e. The van der Waals surface area contributed by atoms with Gasteiger partial charge in [0.1, 0.15) is 0 Å². The van der Waals surface area contributed by atoms with E-state index in [9.17, 15) is 0 Å². The minimum absolute atomic E-state index is 0.0141. The van der Waals surface area contributed by atoms with Gasteiger partial charge in [0, 0.05) is 12.2 Å². The Morgan fingerprint density at radius 1 is 1.28 bits per heavy atom. The third kappa shape index (κ3) is 3.35. The van der Waals surface area contributed by atoms with Crippen molar-refractivity contribution < 1.29 is 14.0 Å². The molecule has 1 aromatic heterocycles. The minimum atomic E-state index is -0.473. The molecule has 0 saturated carbocycles. The van der Waals surface area contributed by atoms with Crippen LogP contribution in [0.15, 0.2) is 18.9 Å². The SMILES string of the molecule is C=C(B1OC(C)(C)C(C)(C)O1)c1cnn(C2CCCCO2)c1/C=C/C. The zero-order valence-corrected chi connectivity index (χ0v) is 16.0. The van der Waals surface area contributed by atoms with E-state index in [0.29, 0.717) is 0 Å². The number of nitrogens with zero attached hydrogens (tertiary/aromatic N) is 2. The third-order valence-electron chi connectivity index (χ3n) is 5.47. The van der Waals surface area contributed by atoms with E-state index in [-0.39, 0.29) is 17.4 Å². The van der Waals surface area contributed by atoms with Crippen LogP contribution < -0.4 is 0 Å². The first-order valence-electron chi connectivity index (χ1n) is 9.13. The molecule has 1 atom stereocenters. The number of aromatic nitrogens is 2. The first kappa shape index (κ1) is 18.4. The summed E-state index contributed by atoms with van der Waals surface area (Å²) in [4.78, 5) is 0. The summed E-state index contributed by atoms with van der Waals surface area (Å²) in [6.07, 6.45) is 9.15. The molecule has 0 radical (unpaired) electrons. The molecule has 0 bridgehead atoms. The van der Waals surface area contributed by atoms with Gasteiger partial charge in [-0.05, 0) is 65.4 Å². The molecule has 3 rings (SSSR count). The number of hydrogen-bond donors (Lipinski definition) is 0. The molecule has 2 aliphatic heterocycles. The van der Waals surface area contributed by atoms with Crippen LogP contribution in [0.2, 0.25) is 0 Å². The Hall–Kier alpha value is -1.37. The van der Waals surface area contributed by atoms with Crippen molar-refractivity contribution in [3.8, 4) is 0 Å². The number of rotatable bonds is 4. The van der Waals surface area contributed by atoms with Gasteiger partial charge in [0.05, 0.1) is 23.1 Å². The highest BCUT2D eigenvalue weighted by Gasteiger charge is 2.52. The first-order chi connectivity index (χ1) is 11.8. The van der Waals surface area contributed by atoms with Gasteiger partial charge in [-0.15, -0.1) is 0 Å². The minimum Gasteiger partial charge on any atom is -0.399 e. The van der Waals surface area contributed by atoms with E-state index in [1.54, 1.807) is 0 Å². The van der Waals surface area contributed by atoms with Gasteiger partial charge in [0.2, 0.25) is 0 Å². The molecule has 2 saturated heterocycles. The van der Waals surface area contributed by atoms with Crippen molar-refractivity contribution in [1.82, 2.24) is 9.78 Å². The highest BCUT2D eigenvalue weighted by molar-refractivity contribution is 6.68. The van der Waals surface area contributed by atoms with Crippen LogP contribution in [0.4, 0.5) is 0 Å². The zero-order chi connectivity index (χ0) is 18.2. The van der Waals surface area contributed by atoms with Gasteiger partial charge in [-0.1, -0.05) is 12.7 Å². The molecule has 2 fully saturated rings. The lowest BCUT2D eigenvalue weighted by Crippen LogP contribution is -2.41. The average molecular weight is 344 g/mol. The van der Waals surface area contributed by atoms with Crippen LogP contribution in [-0.4, -0.2) is 34.7 Å². The number of hydrogen-bond acceptors (Lipinski definition) is 4. The Kier molecular flexibility index (Phi) is 4.97. The molecule has 3 heterocycles. The summed E-state index contributed by atoms with van der Waals surface area (Å²) in [5.74, 6) is 0. The standard InChI is InChI=1S/C19H29BN2O3/c1-7-10-16-15(13-21-22(16)17-11-8-9-12-23-17)14(2)20-24-18(3,4)19(5,6)25-20/h7,10,13,17H,2,8-9,11-12H2,1,3-6H3/b10-7+. The summed E-state index contributed by atoms with van der Waals surface area (Å²) in [6.45, 7) is 15.2. The summed E-state index contributed by atoms with van der Waals surface area (Å²) in [5, 5.41) is 4.59. The van der Waals surface area contributed by atoms with Crippen molar-refractivity contribution in [2.75, 3.05) is 6.61 Å². The lowest BCUT2D eigenvalue weighted by molar-refractivity contribution is -0.0398. The maximum atomic E-state index is 6.15. The van der Waals surface area contributed by atoms with Crippen LogP contribution in [0.3, 0.4) is 0 Å². The quantitative estimate of drug-likeness (QED) is 0.766. The molecule has 1 unspecified atom stereocenters. The molecule has 1 aromatic rings. The molecule has 2 aliphatic rings. The van der Waals surface area contributed by atoms with Crippen LogP contribution in [0, 0.1) is 0 Å². The summed E-state index contributed by atoms with van der Waals surface area (Å²) < 4.78 is 20.2. The maximum Gasteiger partial charge on any atom is 0.494 e. The molecule has 0 aliphatic carbocycles. The van der Waals surface area contributed by atoms with Crippen LogP contribution in [0.25, 0.3) is 11.5 Å². The smallest absolute Gasteiger partial charge is 0.399 e. The molecular weight excluding hydrogens is 315 g/mol. The topological polar surface area (TPSA) is 45.5 Å². The molecule has 6 heteroatoms. The van der Waals surface area contributed by atoms with E-state index in [1.807, 2.05) is 51.6 Å². The fourth-order valence-electron chi connectivity index (χ4n) is 3.20. The van der Waals surface area contributed by atoms with E-state index in [1.165, 1.54) is 0 Å². The fraction of sp³-hybridized carbons (Fsp3) is 0.632. The number of ether oxygens (including phenoxy) is 1. The predicted molar refractivity (Wildman–Crippen MR) is 101 cm³/mol. The summed E-state index contributed by atoms with van der Waals surface area (Å²) in [5.41, 5.74) is 1.97. The second-order valence-electron chi connectivity index (χ2n) is 7.82. The lowest BCUT2D eigenvalue weighted by atomic mass is 9.75. The van der Waals surface area contributed by atoms with Crippen LogP contribution in [-0.2, 0) is 14.0 Å². The van der Waals surface area contributed by atoms with E-state index >= 15 is 0 Å². The maximum absolute atomic E-state index is 6.15. The monoisotopic (exact) mass is 344 g/mol. The molecule has 25 heavy (non-hydrogen) atoms. The predicted octanol–water partition coefficient (Wildman–Crippen LogP) is 4.26. The van der Waals surface area contributed by atoms with Gasteiger partial charge >= 0.3 is 7.12 Å². The van der Waals surface area contributed by atoms with Gasteiger partial charge < -0.3 is 14.0 Å². The number of allylic oxidation sites excluding steroid dienone is 1. The molecule has 136 valence electrons. The Bertz CT molecular complexity index is 656. The molecule has 0 amide bonds. The normalized spacial score (nSPS) is 25.6. The second kappa shape index (κ2) is 6.74. The van der Waals surface area contributed by atoms with Gasteiger partial charge in [-0.25, -0.2) is 4.68 Å². The molecule has 0 aromatic carbocycles. The Balaban J connectivity index is 1.89. The molecule has 0 N–H and O–H groups in total. The summed E-state index contributed by atoms with van der Waals surface area (Å²) in [6, 6.07) is 0. The Labute approximate surface area is 151 Å². The molecular formula is C19H29BN2O3. The zero-order valence-electron chi connectivity index (χ0n) is 16.0. The van der Waals surface area contributed by atoms with Crippen LogP contribution >= 0.6 is 0 Å². The second-order valence-corrected chi connectivity index (χ2v) is 7.82. The first-order valence-corrected chi connectivity index (χ1v) is 9.13. The van der Waals surface area contributed by atoms with Crippen molar-refractivity contribution in [3.05, 3.63) is 30.1 Å².